The van der Waals surface area contributed by atoms with E-state index < -0.39 is 28.5 Å². The summed E-state index contributed by atoms with van der Waals surface area (Å²) in [7, 11) is -2.42. The molecule has 1 aliphatic carbocycles. The lowest BCUT2D eigenvalue weighted by atomic mass is 9.95. The molecule has 2 aromatic rings. The molecule has 202 valence electrons. The number of hydrogen-bond acceptors (Lipinski definition) is 5. The normalized spacial score (nSPS) is 15.1. The van der Waals surface area contributed by atoms with Crippen molar-refractivity contribution < 1.29 is 22.7 Å². The van der Waals surface area contributed by atoms with Crippen molar-refractivity contribution in [3.05, 3.63) is 58.1 Å². The van der Waals surface area contributed by atoms with E-state index in [1.807, 2.05) is 0 Å². The highest BCUT2D eigenvalue weighted by Gasteiger charge is 2.31. The average molecular weight is 571 g/mol. The van der Waals surface area contributed by atoms with Crippen LogP contribution in [0.5, 0.6) is 5.75 Å². The summed E-state index contributed by atoms with van der Waals surface area (Å²) >= 11 is 12.6. The number of sulfonamides is 1. The largest absolute Gasteiger partial charge is 0.495 e. The quantitative estimate of drug-likeness (QED) is 0.449. The molecule has 2 aromatic carbocycles. The number of halogens is 2. The third-order valence-corrected chi connectivity index (χ3v) is 8.32. The van der Waals surface area contributed by atoms with Gasteiger partial charge in [0.1, 0.15) is 18.3 Å². The van der Waals surface area contributed by atoms with Gasteiger partial charge >= 0.3 is 0 Å². The van der Waals surface area contributed by atoms with Gasteiger partial charge in [-0.3, -0.25) is 13.9 Å². The third-order valence-electron chi connectivity index (χ3n) is 6.52. The molecular weight excluding hydrogens is 537 g/mol. The second-order valence-corrected chi connectivity index (χ2v) is 11.9. The smallest absolute Gasteiger partial charge is 0.244 e. The Kier molecular flexibility index (Phi) is 10.1. The molecule has 0 aliphatic heterocycles. The van der Waals surface area contributed by atoms with Crippen LogP contribution in [-0.4, -0.2) is 57.1 Å². The van der Waals surface area contributed by atoms with Crippen molar-refractivity contribution in [3.8, 4) is 5.75 Å². The summed E-state index contributed by atoms with van der Waals surface area (Å²) in [5.41, 5.74) is 0.854. The minimum atomic E-state index is -3.87. The number of nitrogens with one attached hydrogen (secondary N) is 1. The fourth-order valence-corrected chi connectivity index (χ4v) is 5.67. The zero-order chi connectivity index (χ0) is 27.2. The number of amides is 2. The van der Waals surface area contributed by atoms with E-state index in [4.69, 9.17) is 27.9 Å². The Hall–Kier alpha value is -2.49. The van der Waals surface area contributed by atoms with Gasteiger partial charge in [0.2, 0.25) is 21.8 Å². The topological polar surface area (TPSA) is 96.0 Å². The number of carbonyl (C=O) groups is 2. The maximum Gasteiger partial charge on any atom is 0.244 e. The molecule has 8 nitrogen and oxygen atoms in total. The van der Waals surface area contributed by atoms with Gasteiger partial charge in [0, 0.05) is 17.6 Å². The molecule has 11 heteroatoms. The highest BCUT2D eigenvalue weighted by atomic mass is 35.5. The standard InChI is InChI=1S/C26H33Cl2N3O5S/c1-18(26(33)29-20-10-5-4-6-11-20)30(16-19-9-7-8-12-22(19)27)25(32)17-31(37(3,34)35)21-13-14-24(36-2)23(28)15-21/h7-9,12-15,18,20H,4-6,10-11,16-17H2,1-3H3,(H,29,33). The number of benzene rings is 2. The molecule has 1 atom stereocenters. The van der Waals surface area contributed by atoms with Crippen LogP contribution < -0.4 is 14.4 Å². The summed E-state index contributed by atoms with van der Waals surface area (Å²) in [4.78, 5) is 28.2. The zero-order valence-corrected chi connectivity index (χ0v) is 23.6. The van der Waals surface area contributed by atoms with E-state index in [0.717, 1.165) is 42.7 Å². The molecule has 1 N–H and O–H groups in total. The summed E-state index contributed by atoms with van der Waals surface area (Å²) in [5.74, 6) is -0.465. The number of anilines is 1. The molecule has 2 amide bonds. The SMILES string of the molecule is COc1ccc(N(CC(=O)N(Cc2ccccc2Cl)C(C)C(=O)NC2CCCCC2)S(C)(=O)=O)cc1Cl. The predicted molar refractivity (Wildman–Crippen MR) is 147 cm³/mol. The van der Waals surface area contributed by atoms with Gasteiger partial charge in [0.25, 0.3) is 0 Å². The first-order chi connectivity index (χ1) is 17.5. The van der Waals surface area contributed by atoms with Crippen molar-refractivity contribution in [2.45, 2.75) is 57.7 Å². The number of methoxy groups -OCH3 is 1. The van der Waals surface area contributed by atoms with Gasteiger partial charge < -0.3 is 15.0 Å². The van der Waals surface area contributed by atoms with Crippen LogP contribution in [0.2, 0.25) is 10.0 Å². The van der Waals surface area contributed by atoms with Crippen LogP contribution in [-0.2, 0) is 26.2 Å². The number of hydrogen-bond donors (Lipinski definition) is 1. The van der Waals surface area contributed by atoms with Crippen molar-refractivity contribution in [1.29, 1.82) is 0 Å². The number of ether oxygens (including phenoxy) is 1. The zero-order valence-electron chi connectivity index (χ0n) is 21.2. The molecule has 0 radical (unpaired) electrons. The van der Waals surface area contributed by atoms with Crippen molar-refractivity contribution in [1.82, 2.24) is 10.2 Å². The Morgan fingerprint density at radius 2 is 1.76 bits per heavy atom. The van der Waals surface area contributed by atoms with Crippen LogP contribution >= 0.6 is 23.2 Å². The van der Waals surface area contributed by atoms with Gasteiger partial charge in [-0.2, -0.15) is 0 Å². The van der Waals surface area contributed by atoms with Gasteiger partial charge in [-0.15, -0.1) is 0 Å². The lowest BCUT2D eigenvalue weighted by Gasteiger charge is -2.33. The Morgan fingerprint density at radius 3 is 2.35 bits per heavy atom. The van der Waals surface area contributed by atoms with Crippen LogP contribution in [0.1, 0.15) is 44.6 Å². The van der Waals surface area contributed by atoms with Crippen LogP contribution in [0.15, 0.2) is 42.5 Å². The maximum atomic E-state index is 13.7. The van der Waals surface area contributed by atoms with Gasteiger partial charge in [-0.25, -0.2) is 8.42 Å². The predicted octanol–water partition coefficient (Wildman–Crippen LogP) is 4.63. The van der Waals surface area contributed by atoms with Gasteiger partial charge in [0.05, 0.1) is 24.1 Å². The van der Waals surface area contributed by atoms with Gasteiger partial charge in [-0.05, 0) is 49.6 Å². The van der Waals surface area contributed by atoms with Crippen LogP contribution in [0, 0.1) is 0 Å². The number of rotatable bonds is 10. The van der Waals surface area contributed by atoms with Crippen molar-refractivity contribution in [2.75, 3.05) is 24.2 Å². The Balaban J connectivity index is 1.90. The molecule has 1 fully saturated rings. The van der Waals surface area contributed by atoms with E-state index in [0.29, 0.717) is 16.3 Å². The molecule has 1 aliphatic rings. The summed E-state index contributed by atoms with van der Waals surface area (Å²) in [6, 6.07) is 10.7. The van der Waals surface area contributed by atoms with Crippen LogP contribution in [0.3, 0.4) is 0 Å². The van der Waals surface area contributed by atoms with Gasteiger partial charge in [-0.1, -0.05) is 60.7 Å². The summed E-state index contributed by atoms with van der Waals surface area (Å²) in [6.45, 7) is 1.16. The maximum absolute atomic E-state index is 13.7. The van der Waals surface area contributed by atoms with Gasteiger partial charge in [0.15, 0.2) is 0 Å². The molecule has 37 heavy (non-hydrogen) atoms. The molecule has 1 saturated carbocycles. The van der Waals surface area contributed by atoms with Crippen molar-refractivity contribution in [3.63, 3.8) is 0 Å². The number of nitrogens with zero attached hydrogens (tertiary/aromatic N) is 2. The summed E-state index contributed by atoms with van der Waals surface area (Å²) < 4.78 is 31.5. The highest BCUT2D eigenvalue weighted by Crippen LogP contribution is 2.30. The highest BCUT2D eigenvalue weighted by molar-refractivity contribution is 7.92. The third kappa shape index (κ3) is 7.75. The minimum absolute atomic E-state index is 0.0404. The molecule has 3 rings (SSSR count). The van der Waals surface area contributed by atoms with Crippen molar-refractivity contribution in [2.24, 2.45) is 0 Å². The second-order valence-electron chi connectivity index (χ2n) is 9.22. The first-order valence-electron chi connectivity index (χ1n) is 12.2. The Labute approximate surface area is 228 Å². The fourth-order valence-electron chi connectivity index (χ4n) is 4.39. The lowest BCUT2D eigenvalue weighted by molar-refractivity contribution is -0.139. The number of carbonyl (C=O) groups excluding carboxylic acids is 2. The van der Waals surface area contributed by atoms with E-state index in [9.17, 15) is 18.0 Å². The van der Waals surface area contributed by atoms with Crippen LogP contribution in [0.25, 0.3) is 0 Å². The summed E-state index contributed by atoms with van der Waals surface area (Å²) in [5, 5.41) is 3.71. The molecular formula is C26H33Cl2N3O5S. The molecule has 0 spiro atoms. The van der Waals surface area contributed by atoms with E-state index >= 15 is 0 Å². The van der Waals surface area contributed by atoms with E-state index in [2.05, 4.69) is 5.32 Å². The lowest BCUT2D eigenvalue weighted by Crippen LogP contribution is -2.53. The fraction of sp³-hybridized carbons (Fsp3) is 0.462. The van der Waals surface area contributed by atoms with E-state index in [-0.39, 0.29) is 29.2 Å². The first kappa shape index (κ1) is 29.1. The molecule has 0 bridgehead atoms. The van der Waals surface area contributed by atoms with Crippen LogP contribution in [0.4, 0.5) is 5.69 Å². The minimum Gasteiger partial charge on any atom is -0.495 e. The molecule has 1 unspecified atom stereocenters. The Bertz CT molecular complexity index is 1220. The molecule has 0 aromatic heterocycles. The first-order valence-corrected chi connectivity index (χ1v) is 14.8. The van der Waals surface area contributed by atoms with E-state index in [1.54, 1.807) is 31.2 Å². The molecule has 0 heterocycles. The monoisotopic (exact) mass is 569 g/mol. The van der Waals surface area contributed by atoms with Crippen molar-refractivity contribution >= 4 is 50.7 Å². The Morgan fingerprint density at radius 1 is 1.08 bits per heavy atom. The van der Waals surface area contributed by atoms with E-state index in [1.165, 1.54) is 30.2 Å². The molecule has 0 saturated heterocycles. The second kappa shape index (κ2) is 12.8. The summed E-state index contributed by atoms with van der Waals surface area (Å²) in [6.07, 6.45) is 6.06. The average Bonchev–Trinajstić information content (AvgIpc) is 2.86.